The standard InChI is InChI=1S/C14H22N2O2S3/c1-2-7-15-12-3-5-14(6-4-12)21(17,18)16-10-13-11-19-8-9-20-13/h3-6,13,15-16H,2,7-11H2,1H3. The number of thioether (sulfide) groups is 2. The third-order valence-corrected chi connectivity index (χ3v) is 7.41. The molecule has 1 aromatic carbocycles. The van der Waals surface area contributed by atoms with Gasteiger partial charge in [0, 0.05) is 41.3 Å². The van der Waals surface area contributed by atoms with Crippen molar-refractivity contribution in [2.45, 2.75) is 23.5 Å². The zero-order valence-corrected chi connectivity index (χ0v) is 14.6. The van der Waals surface area contributed by atoms with Crippen molar-refractivity contribution in [3.63, 3.8) is 0 Å². The summed E-state index contributed by atoms with van der Waals surface area (Å²) in [6, 6.07) is 6.94. The number of hydrogen-bond donors (Lipinski definition) is 2. The zero-order valence-electron chi connectivity index (χ0n) is 12.2. The third-order valence-electron chi connectivity index (χ3n) is 3.13. The lowest BCUT2D eigenvalue weighted by Crippen LogP contribution is -2.33. The van der Waals surface area contributed by atoms with Crippen molar-refractivity contribution >= 4 is 39.2 Å². The molecule has 7 heteroatoms. The molecule has 118 valence electrons. The second-order valence-corrected chi connectivity index (χ2v) is 9.20. The van der Waals surface area contributed by atoms with Crippen LogP contribution in [0.2, 0.25) is 0 Å². The van der Waals surface area contributed by atoms with Gasteiger partial charge < -0.3 is 5.32 Å². The normalized spacial score (nSPS) is 19.4. The Balaban J connectivity index is 1.91. The highest BCUT2D eigenvalue weighted by Gasteiger charge is 2.19. The number of nitrogens with one attached hydrogen (secondary N) is 2. The fourth-order valence-corrected chi connectivity index (χ4v) is 5.76. The van der Waals surface area contributed by atoms with Crippen LogP contribution in [0.25, 0.3) is 0 Å². The average Bonchev–Trinajstić information content (AvgIpc) is 2.52. The summed E-state index contributed by atoms with van der Waals surface area (Å²) >= 11 is 3.75. The van der Waals surface area contributed by atoms with E-state index in [0.29, 0.717) is 16.7 Å². The SMILES string of the molecule is CCCNc1ccc(S(=O)(=O)NCC2CSCCS2)cc1. The van der Waals surface area contributed by atoms with Crippen molar-refractivity contribution in [2.75, 3.05) is 35.7 Å². The molecule has 0 bridgehead atoms. The monoisotopic (exact) mass is 346 g/mol. The fourth-order valence-electron chi connectivity index (χ4n) is 1.96. The van der Waals surface area contributed by atoms with E-state index < -0.39 is 10.0 Å². The van der Waals surface area contributed by atoms with Crippen molar-refractivity contribution in [3.8, 4) is 0 Å². The zero-order chi connectivity index (χ0) is 15.1. The van der Waals surface area contributed by atoms with Crippen molar-refractivity contribution in [2.24, 2.45) is 0 Å². The van der Waals surface area contributed by atoms with Gasteiger partial charge in [-0.2, -0.15) is 23.5 Å². The summed E-state index contributed by atoms with van der Waals surface area (Å²) in [6.07, 6.45) is 1.04. The molecule has 1 atom stereocenters. The lowest BCUT2D eigenvalue weighted by atomic mass is 10.3. The first kappa shape index (κ1) is 17.0. The third kappa shape index (κ3) is 5.39. The first-order valence-electron chi connectivity index (χ1n) is 7.15. The Morgan fingerprint density at radius 1 is 1.24 bits per heavy atom. The van der Waals surface area contributed by atoms with Gasteiger partial charge in [0.1, 0.15) is 0 Å². The first-order valence-corrected chi connectivity index (χ1v) is 10.8. The second kappa shape index (κ2) is 8.31. The van der Waals surface area contributed by atoms with Gasteiger partial charge in [0.2, 0.25) is 10.0 Å². The molecule has 4 nitrogen and oxygen atoms in total. The van der Waals surface area contributed by atoms with Gasteiger partial charge in [0.25, 0.3) is 0 Å². The largest absolute Gasteiger partial charge is 0.385 e. The minimum atomic E-state index is -3.40. The van der Waals surface area contributed by atoms with Gasteiger partial charge in [-0.3, -0.25) is 0 Å². The van der Waals surface area contributed by atoms with E-state index in [4.69, 9.17) is 0 Å². The maximum Gasteiger partial charge on any atom is 0.240 e. The van der Waals surface area contributed by atoms with Crippen LogP contribution in [-0.4, -0.2) is 44.0 Å². The molecule has 2 N–H and O–H groups in total. The minimum Gasteiger partial charge on any atom is -0.385 e. The van der Waals surface area contributed by atoms with Crippen LogP contribution in [-0.2, 0) is 10.0 Å². The molecule has 0 aliphatic carbocycles. The lowest BCUT2D eigenvalue weighted by Gasteiger charge is -2.21. The van der Waals surface area contributed by atoms with Gasteiger partial charge >= 0.3 is 0 Å². The Hall–Kier alpha value is -0.370. The van der Waals surface area contributed by atoms with Crippen LogP contribution in [0.15, 0.2) is 29.2 Å². The highest BCUT2D eigenvalue weighted by atomic mass is 32.2. The summed E-state index contributed by atoms with van der Waals surface area (Å²) in [6.45, 7) is 3.49. The maximum atomic E-state index is 12.3. The van der Waals surface area contributed by atoms with E-state index in [9.17, 15) is 8.42 Å². The van der Waals surface area contributed by atoms with Crippen molar-refractivity contribution < 1.29 is 8.42 Å². The molecule has 0 spiro atoms. The maximum absolute atomic E-state index is 12.3. The molecule has 0 radical (unpaired) electrons. The minimum absolute atomic E-state index is 0.331. The Morgan fingerprint density at radius 2 is 2.00 bits per heavy atom. The quantitative estimate of drug-likeness (QED) is 0.795. The fraction of sp³-hybridized carbons (Fsp3) is 0.571. The molecular formula is C14H22N2O2S3. The molecule has 1 unspecified atom stereocenters. The summed E-state index contributed by atoms with van der Waals surface area (Å²) in [4.78, 5) is 0.331. The molecule has 2 rings (SSSR count). The summed E-state index contributed by atoms with van der Waals surface area (Å²) < 4.78 is 27.2. The molecule has 1 heterocycles. The highest BCUT2D eigenvalue weighted by Crippen LogP contribution is 2.23. The molecule has 0 aromatic heterocycles. The average molecular weight is 347 g/mol. The Morgan fingerprint density at radius 3 is 2.62 bits per heavy atom. The Bertz CT molecular complexity index is 526. The van der Waals surface area contributed by atoms with Gasteiger partial charge in [-0.1, -0.05) is 6.92 Å². The van der Waals surface area contributed by atoms with Gasteiger partial charge in [0.15, 0.2) is 0 Å². The summed E-state index contributed by atoms with van der Waals surface area (Å²) in [5.74, 6) is 3.29. The van der Waals surface area contributed by atoms with Crippen LogP contribution in [0.4, 0.5) is 5.69 Å². The topological polar surface area (TPSA) is 58.2 Å². The van der Waals surface area contributed by atoms with E-state index in [1.165, 1.54) is 5.75 Å². The Labute approximate surface area is 135 Å². The lowest BCUT2D eigenvalue weighted by molar-refractivity contribution is 0.581. The molecule has 1 aliphatic rings. The molecule has 1 saturated heterocycles. The summed E-state index contributed by atoms with van der Waals surface area (Å²) in [5.41, 5.74) is 0.954. The van der Waals surface area contributed by atoms with E-state index in [0.717, 1.165) is 30.2 Å². The van der Waals surface area contributed by atoms with Gasteiger partial charge in [-0.15, -0.1) is 0 Å². The van der Waals surface area contributed by atoms with Gasteiger partial charge in [-0.05, 0) is 30.7 Å². The molecule has 1 aliphatic heterocycles. The summed E-state index contributed by atoms with van der Waals surface area (Å²) in [5, 5.41) is 3.61. The van der Waals surface area contributed by atoms with Crippen LogP contribution in [0.3, 0.4) is 0 Å². The second-order valence-electron chi connectivity index (χ2n) is 4.87. The molecule has 1 aromatic rings. The number of anilines is 1. The number of sulfonamides is 1. The van der Waals surface area contributed by atoms with Crippen LogP contribution < -0.4 is 10.0 Å². The summed E-state index contributed by atoms with van der Waals surface area (Å²) in [7, 11) is -3.40. The molecule has 0 saturated carbocycles. The predicted octanol–water partition coefficient (Wildman–Crippen LogP) is 2.64. The van der Waals surface area contributed by atoms with Crippen LogP contribution in [0.1, 0.15) is 13.3 Å². The number of benzene rings is 1. The van der Waals surface area contributed by atoms with E-state index in [2.05, 4.69) is 17.0 Å². The van der Waals surface area contributed by atoms with Crippen LogP contribution >= 0.6 is 23.5 Å². The van der Waals surface area contributed by atoms with E-state index >= 15 is 0 Å². The van der Waals surface area contributed by atoms with Crippen molar-refractivity contribution in [3.05, 3.63) is 24.3 Å². The van der Waals surface area contributed by atoms with E-state index in [1.54, 1.807) is 12.1 Å². The van der Waals surface area contributed by atoms with Gasteiger partial charge in [-0.25, -0.2) is 13.1 Å². The Kier molecular flexibility index (Phi) is 6.73. The predicted molar refractivity (Wildman–Crippen MR) is 94.0 cm³/mol. The first-order chi connectivity index (χ1) is 10.1. The highest BCUT2D eigenvalue weighted by molar-refractivity contribution is 8.06. The molecule has 21 heavy (non-hydrogen) atoms. The van der Waals surface area contributed by atoms with Crippen molar-refractivity contribution in [1.29, 1.82) is 0 Å². The molecule has 0 amide bonds. The number of hydrogen-bond acceptors (Lipinski definition) is 5. The van der Waals surface area contributed by atoms with Crippen LogP contribution in [0, 0.1) is 0 Å². The smallest absolute Gasteiger partial charge is 0.240 e. The van der Waals surface area contributed by atoms with Gasteiger partial charge in [0.05, 0.1) is 4.90 Å². The molecular weight excluding hydrogens is 324 g/mol. The van der Waals surface area contributed by atoms with E-state index in [-0.39, 0.29) is 0 Å². The molecule has 1 fully saturated rings. The van der Waals surface area contributed by atoms with E-state index in [1.807, 2.05) is 35.7 Å². The van der Waals surface area contributed by atoms with Crippen molar-refractivity contribution in [1.82, 2.24) is 4.72 Å². The van der Waals surface area contributed by atoms with Crippen LogP contribution in [0.5, 0.6) is 0 Å². The number of rotatable bonds is 7.